The molecule has 5 heteroatoms. The van der Waals surface area contributed by atoms with E-state index in [1.807, 2.05) is 0 Å². The van der Waals surface area contributed by atoms with E-state index in [-0.39, 0.29) is 48.1 Å². The van der Waals surface area contributed by atoms with Gasteiger partial charge in [0.05, 0.1) is 0 Å². The van der Waals surface area contributed by atoms with Crippen LogP contribution in [-0.4, -0.2) is 48.1 Å². The number of hydrogen-bond acceptors (Lipinski definition) is 0. The van der Waals surface area contributed by atoms with E-state index in [1.54, 1.807) is 0 Å². The van der Waals surface area contributed by atoms with Crippen LogP contribution in [0.1, 0.15) is 0 Å². The molecule has 0 heterocycles. The minimum absolute atomic E-state index is 0. The van der Waals surface area contributed by atoms with E-state index < -0.39 is 0 Å². The van der Waals surface area contributed by atoms with Gasteiger partial charge in [-0.25, -0.2) is 0 Å². The Labute approximate surface area is 48.7 Å². The molecule has 0 saturated carbocycles. The third-order valence-corrected chi connectivity index (χ3v) is 0. The van der Waals surface area contributed by atoms with E-state index in [0.717, 1.165) is 0 Å². The van der Waals surface area contributed by atoms with E-state index in [2.05, 4.69) is 0 Å². The Morgan fingerprint density at radius 1 is 0.600 bits per heavy atom. The molecule has 0 bridgehead atoms. The summed E-state index contributed by atoms with van der Waals surface area (Å²) in [5, 5.41) is 0. The molecule has 0 unspecified atom stereocenters. The minimum Gasteiger partial charge on any atom is -0.412 e. The molecular formula is H14AlB3O. The molecule has 5 heavy (non-hydrogen) atoms. The fourth-order valence-corrected chi connectivity index (χ4v) is 0. The average Bonchev–Trinajstić information content (AvgIpc) is 0. The van der Waals surface area contributed by atoms with Crippen molar-refractivity contribution in [3.63, 3.8) is 0 Å². The maximum absolute atomic E-state index is 0. The van der Waals surface area contributed by atoms with Gasteiger partial charge < -0.3 is 5.48 Å². The fourth-order valence-electron chi connectivity index (χ4n) is 0. The van der Waals surface area contributed by atoms with Crippen LogP contribution in [0.15, 0.2) is 0 Å². The Morgan fingerprint density at radius 3 is 0.600 bits per heavy atom. The SMILES string of the molecule is O.[Al+3].[BH4-].[BH4-].[BH4-]. The molecule has 32 valence electrons. The summed E-state index contributed by atoms with van der Waals surface area (Å²) in [6.45, 7) is 0. The van der Waals surface area contributed by atoms with E-state index >= 15 is 0 Å². The monoisotopic (exact) mass is 90.1 g/mol. The van der Waals surface area contributed by atoms with Crippen LogP contribution in [0.5, 0.6) is 0 Å². The van der Waals surface area contributed by atoms with Crippen molar-refractivity contribution in [3.8, 4) is 0 Å². The Morgan fingerprint density at radius 2 is 0.600 bits per heavy atom. The molecule has 0 saturated heterocycles. The summed E-state index contributed by atoms with van der Waals surface area (Å²) in [4.78, 5) is 0. The first-order chi connectivity index (χ1) is 0. The second kappa shape index (κ2) is 135. The van der Waals surface area contributed by atoms with Crippen LogP contribution < -0.4 is 0 Å². The zero-order valence-electron chi connectivity index (χ0n) is 1.08. The molecule has 0 radical (unpaired) electrons. The maximum Gasteiger partial charge on any atom is 3.00 e. The van der Waals surface area contributed by atoms with Crippen LogP contribution in [0.3, 0.4) is 0 Å². The quantitative estimate of drug-likeness (QED) is 0.265. The summed E-state index contributed by atoms with van der Waals surface area (Å²) in [7, 11) is 0. The van der Waals surface area contributed by atoms with E-state index in [9.17, 15) is 0 Å². The van der Waals surface area contributed by atoms with Gasteiger partial charge in [0.2, 0.25) is 0 Å². The first-order valence-electron chi connectivity index (χ1n) is 0. The van der Waals surface area contributed by atoms with E-state index in [0.29, 0.717) is 0 Å². The van der Waals surface area contributed by atoms with Gasteiger partial charge in [-0.05, 0) is 0 Å². The molecule has 0 atom stereocenters. The van der Waals surface area contributed by atoms with Crippen LogP contribution >= 0.6 is 0 Å². The first kappa shape index (κ1) is 265. The number of hydrogen-bond donors (Lipinski definition) is 0. The summed E-state index contributed by atoms with van der Waals surface area (Å²) in [5.41, 5.74) is 0. The van der Waals surface area contributed by atoms with Crippen molar-refractivity contribution in [1.82, 2.24) is 0 Å². The molecule has 0 amide bonds. The standard InChI is InChI=1S/Al.3BH4.H2O/h;3*1H4;1H2/q+3;3*-1;. The van der Waals surface area contributed by atoms with Gasteiger partial charge in [0.15, 0.2) is 0 Å². The molecular weight excluding hydrogens is 75.4 g/mol. The van der Waals surface area contributed by atoms with Crippen molar-refractivity contribution in [2.45, 2.75) is 0 Å². The van der Waals surface area contributed by atoms with Crippen molar-refractivity contribution in [2.24, 2.45) is 0 Å². The van der Waals surface area contributed by atoms with Crippen molar-refractivity contribution >= 4 is 42.6 Å². The zero-order chi connectivity index (χ0) is 0. The molecule has 0 aromatic rings. The summed E-state index contributed by atoms with van der Waals surface area (Å²) in [6, 6.07) is 0. The zero-order valence-corrected chi connectivity index (χ0v) is 2.23. The molecule has 2 N–H and O–H groups in total. The molecule has 0 aromatic heterocycles. The molecule has 0 aliphatic rings. The largest absolute Gasteiger partial charge is 3.00 e. The van der Waals surface area contributed by atoms with Crippen molar-refractivity contribution < 1.29 is 5.48 Å². The Bertz CT molecular complexity index is 6.85. The van der Waals surface area contributed by atoms with Gasteiger partial charge in [-0.1, -0.05) is 25.2 Å². The normalized spacial score (nSPS) is 0. The molecule has 0 aliphatic carbocycles. The smallest absolute Gasteiger partial charge is 0.412 e. The molecule has 1 nitrogen and oxygen atoms in total. The minimum atomic E-state index is 0. The van der Waals surface area contributed by atoms with Crippen LogP contribution in [0.4, 0.5) is 0 Å². The predicted octanol–water partition coefficient (Wildman–Crippen LogP) is -5.56. The second-order valence-corrected chi connectivity index (χ2v) is 0. The second-order valence-electron chi connectivity index (χ2n) is 0. The third-order valence-electron chi connectivity index (χ3n) is 0. The Balaban J connectivity index is 0. The van der Waals surface area contributed by atoms with Gasteiger partial charge in [-0.3, -0.25) is 0 Å². The van der Waals surface area contributed by atoms with Crippen LogP contribution in [-0.2, 0) is 0 Å². The Hall–Kier alpha value is 0.687. The fraction of sp³-hybridized carbons (Fsp3) is 0. The number of rotatable bonds is 0. The first-order valence-corrected chi connectivity index (χ1v) is 0. The molecule has 0 aromatic carbocycles. The van der Waals surface area contributed by atoms with Gasteiger partial charge >= 0.3 is 17.4 Å². The molecule has 0 fully saturated rings. The molecule has 0 aliphatic heterocycles. The van der Waals surface area contributed by atoms with Crippen molar-refractivity contribution in [2.75, 3.05) is 0 Å². The van der Waals surface area contributed by atoms with Gasteiger partial charge in [0.25, 0.3) is 0 Å². The van der Waals surface area contributed by atoms with E-state index in [4.69, 9.17) is 0 Å². The van der Waals surface area contributed by atoms with Crippen molar-refractivity contribution in [1.29, 1.82) is 0 Å². The maximum atomic E-state index is 0. The summed E-state index contributed by atoms with van der Waals surface area (Å²) < 4.78 is 0. The van der Waals surface area contributed by atoms with Crippen LogP contribution in [0.2, 0.25) is 0 Å². The van der Waals surface area contributed by atoms with Gasteiger partial charge in [0, 0.05) is 0 Å². The third kappa shape index (κ3) is 71.7. The predicted molar refractivity (Wildman–Crippen MR) is 43.4 cm³/mol. The summed E-state index contributed by atoms with van der Waals surface area (Å²) in [6.07, 6.45) is 0. The summed E-state index contributed by atoms with van der Waals surface area (Å²) >= 11 is 0. The van der Waals surface area contributed by atoms with Crippen LogP contribution in [0.25, 0.3) is 0 Å². The summed E-state index contributed by atoms with van der Waals surface area (Å²) in [5.74, 6) is 0. The Kier molecular flexibility index (Phi) is 7140. The topological polar surface area (TPSA) is 31.5 Å². The molecule has 0 spiro atoms. The average molecular weight is 89.5 g/mol. The van der Waals surface area contributed by atoms with Gasteiger partial charge in [-0.2, -0.15) is 0 Å². The van der Waals surface area contributed by atoms with Crippen LogP contribution in [0, 0.1) is 0 Å². The van der Waals surface area contributed by atoms with Crippen molar-refractivity contribution in [3.05, 3.63) is 0 Å². The van der Waals surface area contributed by atoms with Gasteiger partial charge in [0.1, 0.15) is 0 Å². The van der Waals surface area contributed by atoms with E-state index in [1.165, 1.54) is 0 Å². The molecule has 0 rings (SSSR count). The van der Waals surface area contributed by atoms with Gasteiger partial charge in [-0.15, -0.1) is 0 Å².